The Hall–Kier alpha value is -0.190. The molecule has 14 heavy (non-hydrogen) atoms. The maximum Gasteiger partial charge on any atom is 0.0742 e. The number of nitrogens with zero attached hydrogens (tertiary/aromatic N) is 2. The molecule has 82 valence electrons. The molecule has 2 N–H and O–H groups in total. The highest BCUT2D eigenvalue weighted by Gasteiger charge is 2.17. The summed E-state index contributed by atoms with van der Waals surface area (Å²) in [7, 11) is 2.18. The smallest absolute Gasteiger partial charge is 0.0742 e. The van der Waals surface area contributed by atoms with Crippen molar-refractivity contribution in [1.29, 1.82) is 0 Å². The van der Waals surface area contributed by atoms with E-state index in [-0.39, 0.29) is 0 Å². The Morgan fingerprint density at radius 2 is 2.07 bits per heavy atom. The van der Waals surface area contributed by atoms with Crippen molar-refractivity contribution >= 4 is 17.2 Å². The third-order valence-corrected chi connectivity index (χ3v) is 3.04. The van der Waals surface area contributed by atoms with E-state index in [1.807, 2.05) is 0 Å². The Morgan fingerprint density at radius 1 is 1.36 bits per heavy atom. The van der Waals surface area contributed by atoms with Gasteiger partial charge in [-0.25, -0.2) is 0 Å². The lowest BCUT2D eigenvalue weighted by Crippen LogP contribution is -2.38. The molecule has 0 aromatic heterocycles. The minimum absolute atomic E-state index is 0.499. The summed E-state index contributed by atoms with van der Waals surface area (Å²) < 4.78 is 0. The van der Waals surface area contributed by atoms with Crippen LogP contribution in [0.4, 0.5) is 0 Å². The van der Waals surface area contributed by atoms with E-state index >= 15 is 0 Å². The number of hydrogen-bond acceptors (Lipinski definition) is 3. The van der Waals surface area contributed by atoms with Crippen LogP contribution in [0.2, 0.25) is 0 Å². The van der Waals surface area contributed by atoms with Gasteiger partial charge in [-0.05, 0) is 33.5 Å². The van der Waals surface area contributed by atoms with Crippen molar-refractivity contribution in [3.05, 3.63) is 0 Å². The molecule has 1 aliphatic heterocycles. The van der Waals surface area contributed by atoms with Crippen LogP contribution in [0, 0.1) is 0 Å². The van der Waals surface area contributed by atoms with Gasteiger partial charge in [0.25, 0.3) is 0 Å². The Morgan fingerprint density at radius 3 is 2.71 bits per heavy atom. The zero-order valence-corrected chi connectivity index (χ0v) is 10.0. The Kier molecular flexibility index (Phi) is 4.78. The van der Waals surface area contributed by atoms with Crippen LogP contribution in [0.25, 0.3) is 0 Å². The van der Waals surface area contributed by atoms with Gasteiger partial charge in [-0.15, -0.1) is 0 Å². The second kappa shape index (κ2) is 5.63. The molecule has 1 saturated heterocycles. The van der Waals surface area contributed by atoms with Crippen molar-refractivity contribution in [2.45, 2.75) is 25.8 Å². The zero-order chi connectivity index (χ0) is 10.6. The average Bonchev–Trinajstić information content (AvgIpc) is 2.28. The maximum absolute atomic E-state index is 5.56. The Balaban J connectivity index is 2.38. The third kappa shape index (κ3) is 3.90. The molecule has 1 fully saturated rings. The van der Waals surface area contributed by atoms with Crippen LogP contribution >= 0.6 is 12.2 Å². The van der Waals surface area contributed by atoms with Crippen LogP contribution in [0.5, 0.6) is 0 Å². The molecule has 0 saturated carbocycles. The molecule has 3 nitrogen and oxygen atoms in total. The molecular formula is C10H21N3S. The lowest BCUT2D eigenvalue weighted by atomic mass is 10.2. The van der Waals surface area contributed by atoms with Gasteiger partial charge < -0.3 is 10.6 Å². The summed E-state index contributed by atoms with van der Waals surface area (Å²) in [5, 5.41) is 0. The first-order valence-electron chi connectivity index (χ1n) is 5.30. The molecule has 1 atom stereocenters. The molecule has 0 aliphatic carbocycles. The van der Waals surface area contributed by atoms with Gasteiger partial charge in [0.1, 0.15) is 0 Å². The molecule has 0 amide bonds. The van der Waals surface area contributed by atoms with E-state index in [1.54, 1.807) is 0 Å². The Labute approximate surface area is 92.2 Å². The lowest BCUT2D eigenvalue weighted by Gasteiger charge is -2.27. The van der Waals surface area contributed by atoms with Crippen LogP contribution in [-0.2, 0) is 0 Å². The predicted molar refractivity (Wildman–Crippen MR) is 64.6 cm³/mol. The number of rotatable bonds is 3. The van der Waals surface area contributed by atoms with Gasteiger partial charge in [0.2, 0.25) is 0 Å². The van der Waals surface area contributed by atoms with Crippen molar-refractivity contribution in [3.8, 4) is 0 Å². The summed E-state index contributed by atoms with van der Waals surface area (Å²) >= 11 is 4.94. The van der Waals surface area contributed by atoms with E-state index in [9.17, 15) is 0 Å². The quantitative estimate of drug-likeness (QED) is 0.702. The average molecular weight is 215 g/mol. The molecule has 0 bridgehead atoms. The topological polar surface area (TPSA) is 32.5 Å². The van der Waals surface area contributed by atoms with E-state index < -0.39 is 0 Å². The number of nitrogens with two attached hydrogens (primary N) is 1. The van der Waals surface area contributed by atoms with Gasteiger partial charge in [0, 0.05) is 25.6 Å². The molecule has 1 unspecified atom stereocenters. The highest BCUT2D eigenvalue weighted by Crippen LogP contribution is 2.08. The second-order valence-corrected chi connectivity index (χ2v) is 4.74. The highest BCUT2D eigenvalue weighted by atomic mass is 32.1. The standard InChI is InChI=1S/C10H21N3S/c1-9(8-10(11)14)13-5-3-4-12(2)6-7-13/h9H,3-8H2,1-2H3,(H2,11,14). The van der Waals surface area contributed by atoms with Gasteiger partial charge in [0.05, 0.1) is 4.99 Å². The summed E-state index contributed by atoms with van der Waals surface area (Å²) in [5.74, 6) is 0. The van der Waals surface area contributed by atoms with Crippen molar-refractivity contribution < 1.29 is 0 Å². The third-order valence-electron chi connectivity index (χ3n) is 2.87. The van der Waals surface area contributed by atoms with Crippen molar-refractivity contribution in [1.82, 2.24) is 9.80 Å². The minimum atomic E-state index is 0.499. The van der Waals surface area contributed by atoms with Gasteiger partial charge in [-0.3, -0.25) is 4.90 Å². The maximum atomic E-state index is 5.56. The molecule has 4 heteroatoms. The Bertz CT molecular complexity index is 196. The van der Waals surface area contributed by atoms with Crippen LogP contribution in [0.15, 0.2) is 0 Å². The van der Waals surface area contributed by atoms with Crippen LogP contribution in [0.1, 0.15) is 19.8 Å². The normalized spacial score (nSPS) is 23.0. The minimum Gasteiger partial charge on any atom is -0.393 e. The fourth-order valence-corrected chi connectivity index (χ4v) is 2.17. The van der Waals surface area contributed by atoms with Crippen LogP contribution < -0.4 is 5.73 Å². The fraction of sp³-hybridized carbons (Fsp3) is 0.900. The number of hydrogen-bond donors (Lipinski definition) is 1. The molecule has 0 spiro atoms. The van der Waals surface area contributed by atoms with Crippen LogP contribution in [-0.4, -0.2) is 54.1 Å². The van der Waals surface area contributed by atoms with E-state index in [0.717, 1.165) is 19.5 Å². The van der Waals surface area contributed by atoms with Gasteiger partial charge in [-0.2, -0.15) is 0 Å². The predicted octanol–water partition coefficient (Wildman–Crippen LogP) is 0.689. The summed E-state index contributed by atoms with van der Waals surface area (Å²) in [6.45, 7) is 6.89. The van der Waals surface area contributed by atoms with E-state index in [0.29, 0.717) is 11.0 Å². The highest BCUT2D eigenvalue weighted by molar-refractivity contribution is 7.80. The van der Waals surface area contributed by atoms with Crippen molar-refractivity contribution in [2.24, 2.45) is 5.73 Å². The molecular weight excluding hydrogens is 194 g/mol. The van der Waals surface area contributed by atoms with E-state index in [2.05, 4.69) is 23.8 Å². The summed E-state index contributed by atoms with van der Waals surface area (Å²) in [4.78, 5) is 5.51. The summed E-state index contributed by atoms with van der Waals surface area (Å²) in [5.41, 5.74) is 5.56. The SMILES string of the molecule is CC(CC(N)=S)N1CCCN(C)CC1. The summed E-state index contributed by atoms with van der Waals surface area (Å²) in [6.07, 6.45) is 2.09. The first-order chi connectivity index (χ1) is 6.59. The van der Waals surface area contributed by atoms with Gasteiger partial charge >= 0.3 is 0 Å². The molecule has 0 aromatic carbocycles. The largest absolute Gasteiger partial charge is 0.393 e. The molecule has 0 aromatic rings. The molecule has 1 aliphatic rings. The van der Waals surface area contributed by atoms with Crippen LogP contribution in [0.3, 0.4) is 0 Å². The van der Waals surface area contributed by atoms with Crippen molar-refractivity contribution in [2.75, 3.05) is 33.2 Å². The zero-order valence-electron chi connectivity index (χ0n) is 9.20. The number of thiocarbonyl (C=S) groups is 1. The van der Waals surface area contributed by atoms with E-state index in [4.69, 9.17) is 18.0 Å². The summed E-state index contributed by atoms with van der Waals surface area (Å²) in [6, 6.07) is 0.499. The first kappa shape index (κ1) is 11.9. The van der Waals surface area contributed by atoms with E-state index in [1.165, 1.54) is 19.5 Å². The molecule has 1 rings (SSSR count). The monoisotopic (exact) mass is 215 g/mol. The van der Waals surface area contributed by atoms with Gasteiger partial charge in [-0.1, -0.05) is 12.2 Å². The molecule has 1 heterocycles. The fourth-order valence-electron chi connectivity index (χ4n) is 1.93. The van der Waals surface area contributed by atoms with Crippen molar-refractivity contribution in [3.63, 3.8) is 0 Å². The first-order valence-corrected chi connectivity index (χ1v) is 5.71. The second-order valence-electron chi connectivity index (χ2n) is 4.21. The lowest BCUT2D eigenvalue weighted by molar-refractivity contribution is 0.219. The van der Waals surface area contributed by atoms with Gasteiger partial charge in [0.15, 0.2) is 0 Å². The molecule has 0 radical (unpaired) electrons. The number of likely N-dealkylation sites (N-methyl/N-ethyl adjacent to an activating group) is 1.